The molecular weight excluding hydrogens is 380 g/mol. The van der Waals surface area contributed by atoms with Crippen molar-refractivity contribution < 1.29 is 24.1 Å². The van der Waals surface area contributed by atoms with Crippen LogP contribution in [0.5, 0.6) is 5.75 Å². The fourth-order valence-corrected chi connectivity index (χ4v) is 4.82. The molecule has 5 atom stereocenters. The van der Waals surface area contributed by atoms with Crippen molar-refractivity contribution >= 4 is 5.97 Å². The van der Waals surface area contributed by atoms with Gasteiger partial charge in [0.15, 0.2) is 6.10 Å². The maximum absolute atomic E-state index is 11.5. The molecule has 2 bridgehead atoms. The van der Waals surface area contributed by atoms with Gasteiger partial charge in [-0.05, 0) is 75.0 Å². The van der Waals surface area contributed by atoms with Gasteiger partial charge in [-0.1, -0.05) is 37.6 Å². The first-order valence-corrected chi connectivity index (χ1v) is 11.4. The molecule has 2 aliphatic heterocycles. The number of benzene rings is 1. The molecule has 2 aliphatic rings. The average Bonchev–Trinajstić information content (AvgIpc) is 3.33. The van der Waals surface area contributed by atoms with Crippen LogP contribution in [0.2, 0.25) is 0 Å². The Balaban J connectivity index is 1.60. The highest BCUT2D eigenvalue weighted by Gasteiger charge is 2.48. The van der Waals surface area contributed by atoms with E-state index in [9.17, 15) is 9.90 Å². The van der Waals surface area contributed by atoms with E-state index in [1.54, 1.807) is 0 Å². The van der Waals surface area contributed by atoms with Crippen LogP contribution in [-0.4, -0.2) is 42.6 Å². The van der Waals surface area contributed by atoms with E-state index < -0.39 is 12.1 Å². The highest BCUT2D eigenvalue weighted by Crippen LogP contribution is 2.46. The molecular formula is C25H36O5. The van der Waals surface area contributed by atoms with E-state index in [0.717, 1.165) is 45.1 Å². The molecule has 30 heavy (non-hydrogen) atoms. The Labute approximate surface area is 180 Å². The van der Waals surface area contributed by atoms with Gasteiger partial charge >= 0.3 is 5.97 Å². The van der Waals surface area contributed by atoms with E-state index in [4.69, 9.17) is 14.2 Å². The summed E-state index contributed by atoms with van der Waals surface area (Å²) in [6.07, 6.45) is 10.5. The zero-order valence-corrected chi connectivity index (χ0v) is 18.3. The van der Waals surface area contributed by atoms with Gasteiger partial charge in [0.2, 0.25) is 0 Å². The zero-order valence-electron chi connectivity index (χ0n) is 18.3. The van der Waals surface area contributed by atoms with E-state index in [2.05, 4.69) is 13.0 Å². The second kappa shape index (κ2) is 11.5. The van der Waals surface area contributed by atoms with E-state index >= 15 is 0 Å². The number of aliphatic carboxylic acids is 1. The summed E-state index contributed by atoms with van der Waals surface area (Å²) < 4.78 is 17.8. The van der Waals surface area contributed by atoms with Crippen LogP contribution < -0.4 is 4.74 Å². The molecule has 1 aromatic carbocycles. The minimum absolute atomic E-state index is 0.330. The molecule has 2 saturated heterocycles. The first kappa shape index (κ1) is 22.8. The van der Waals surface area contributed by atoms with Gasteiger partial charge in [0.25, 0.3) is 0 Å². The largest absolute Gasteiger partial charge is 0.479 e. The van der Waals surface area contributed by atoms with Gasteiger partial charge < -0.3 is 19.3 Å². The van der Waals surface area contributed by atoms with Gasteiger partial charge in [-0.2, -0.15) is 0 Å². The predicted molar refractivity (Wildman–Crippen MR) is 117 cm³/mol. The highest BCUT2D eigenvalue weighted by molar-refractivity contribution is 5.72. The maximum Gasteiger partial charge on any atom is 0.344 e. The average molecular weight is 417 g/mol. The lowest BCUT2D eigenvalue weighted by molar-refractivity contribution is -0.145. The van der Waals surface area contributed by atoms with Crippen LogP contribution in [0, 0.1) is 11.8 Å². The lowest BCUT2D eigenvalue weighted by atomic mass is 9.75. The summed E-state index contributed by atoms with van der Waals surface area (Å²) in [5, 5.41) is 9.45. The van der Waals surface area contributed by atoms with Crippen molar-refractivity contribution in [3.05, 3.63) is 42.0 Å². The van der Waals surface area contributed by atoms with Crippen LogP contribution in [0.25, 0.3) is 0 Å². The molecule has 0 saturated carbocycles. The molecule has 1 aromatic rings. The summed E-state index contributed by atoms with van der Waals surface area (Å²) in [4.78, 5) is 11.5. The van der Waals surface area contributed by atoms with E-state index in [1.165, 1.54) is 5.56 Å². The van der Waals surface area contributed by atoms with E-state index in [0.29, 0.717) is 42.8 Å². The molecule has 3 rings (SSSR count). The normalized spacial score (nSPS) is 26.3. The van der Waals surface area contributed by atoms with Crippen molar-refractivity contribution in [2.24, 2.45) is 11.8 Å². The third kappa shape index (κ3) is 6.08. The summed E-state index contributed by atoms with van der Waals surface area (Å²) >= 11 is 0. The number of hydrogen-bond donors (Lipinski definition) is 1. The van der Waals surface area contributed by atoms with Crippen LogP contribution >= 0.6 is 0 Å². The summed E-state index contributed by atoms with van der Waals surface area (Å²) in [5.74, 6) is 0.759. The van der Waals surface area contributed by atoms with Crippen molar-refractivity contribution in [1.29, 1.82) is 0 Å². The van der Waals surface area contributed by atoms with E-state index in [-0.39, 0.29) is 0 Å². The molecule has 0 aromatic heterocycles. The SMILES string of the molecule is C/C=C/COCCC1C2CCC(O2)C1Cc1cccc(OC(CCCC)C(=O)O)c1. The second-order valence-corrected chi connectivity index (χ2v) is 8.49. The molecule has 166 valence electrons. The van der Waals surface area contributed by atoms with E-state index in [1.807, 2.05) is 37.3 Å². The van der Waals surface area contributed by atoms with Crippen molar-refractivity contribution in [3.63, 3.8) is 0 Å². The Bertz CT molecular complexity index is 701. The Hall–Kier alpha value is -1.85. The molecule has 5 nitrogen and oxygen atoms in total. The lowest BCUT2D eigenvalue weighted by Crippen LogP contribution is -2.30. The summed E-state index contributed by atoms with van der Waals surface area (Å²) in [5.41, 5.74) is 1.19. The first-order valence-electron chi connectivity index (χ1n) is 11.4. The third-order valence-electron chi connectivity index (χ3n) is 6.38. The first-order chi connectivity index (χ1) is 14.6. The minimum Gasteiger partial charge on any atom is -0.479 e. The molecule has 2 heterocycles. The van der Waals surface area contributed by atoms with Crippen LogP contribution in [0.4, 0.5) is 0 Å². The standard InChI is InChI=1S/C25H36O5/c1-3-5-10-24(25(26)27)29-19-9-7-8-18(16-19)17-21-20(13-15-28-14-6-4-2)22-11-12-23(21)30-22/h4,6-9,16,20-24H,3,5,10-15,17H2,1-2H3,(H,26,27)/b6-4+. The molecule has 0 radical (unpaired) electrons. The van der Waals surface area contributed by atoms with Gasteiger partial charge in [-0.3, -0.25) is 0 Å². The molecule has 0 aliphatic carbocycles. The smallest absolute Gasteiger partial charge is 0.344 e. The zero-order chi connectivity index (χ0) is 21.3. The maximum atomic E-state index is 11.5. The van der Waals surface area contributed by atoms with Crippen molar-refractivity contribution in [2.75, 3.05) is 13.2 Å². The molecule has 1 N–H and O–H groups in total. The Kier molecular flexibility index (Phi) is 8.76. The molecule has 5 heteroatoms. The monoisotopic (exact) mass is 416 g/mol. The number of carboxylic acids is 1. The van der Waals surface area contributed by atoms with Crippen LogP contribution in [-0.2, 0) is 20.7 Å². The number of rotatable bonds is 13. The number of fused-ring (bicyclic) bond motifs is 2. The Morgan fingerprint density at radius 2 is 2.10 bits per heavy atom. The number of ether oxygens (including phenoxy) is 3. The number of carbonyl (C=O) groups is 1. The predicted octanol–water partition coefficient (Wildman–Crippen LogP) is 5.03. The van der Waals surface area contributed by atoms with Crippen molar-refractivity contribution in [1.82, 2.24) is 0 Å². The van der Waals surface area contributed by atoms with Gasteiger partial charge in [0.05, 0.1) is 18.8 Å². The molecule has 0 amide bonds. The van der Waals surface area contributed by atoms with Crippen LogP contribution in [0.1, 0.15) is 57.9 Å². The number of carboxylic acid groups (broad SMARTS) is 1. The lowest BCUT2D eigenvalue weighted by Gasteiger charge is -2.28. The van der Waals surface area contributed by atoms with Gasteiger partial charge in [-0.25, -0.2) is 4.79 Å². The quantitative estimate of drug-likeness (QED) is 0.361. The number of allylic oxidation sites excluding steroid dienone is 1. The topological polar surface area (TPSA) is 65.0 Å². The summed E-state index contributed by atoms with van der Waals surface area (Å²) in [6, 6.07) is 7.94. The van der Waals surface area contributed by atoms with Gasteiger partial charge in [0.1, 0.15) is 5.75 Å². The minimum atomic E-state index is -0.895. The van der Waals surface area contributed by atoms with Crippen molar-refractivity contribution in [3.8, 4) is 5.75 Å². The summed E-state index contributed by atoms with van der Waals surface area (Å²) in [6.45, 7) is 5.49. The van der Waals surface area contributed by atoms with Crippen molar-refractivity contribution in [2.45, 2.75) is 77.1 Å². The molecule has 0 spiro atoms. The molecule has 2 fully saturated rings. The second-order valence-electron chi connectivity index (χ2n) is 8.49. The van der Waals surface area contributed by atoms with Crippen LogP contribution in [0.15, 0.2) is 36.4 Å². The third-order valence-corrected chi connectivity index (χ3v) is 6.38. The van der Waals surface area contributed by atoms with Crippen LogP contribution in [0.3, 0.4) is 0 Å². The fourth-order valence-electron chi connectivity index (χ4n) is 4.82. The fraction of sp³-hybridized carbons (Fsp3) is 0.640. The van der Waals surface area contributed by atoms with Gasteiger partial charge in [0, 0.05) is 6.61 Å². The van der Waals surface area contributed by atoms with Gasteiger partial charge in [-0.15, -0.1) is 0 Å². The Morgan fingerprint density at radius 3 is 2.83 bits per heavy atom. The molecule has 5 unspecified atom stereocenters. The number of unbranched alkanes of at least 4 members (excludes halogenated alkanes) is 1. The Morgan fingerprint density at radius 1 is 1.30 bits per heavy atom. The summed E-state index contributed by atoms with van der Waals surface area (Å²) in [7, 11) is 0. The number of hydrogen-bond acceptors (Lipinski definition) is 4. The highest BCUT2D eigenvalue weighted by atomic mass is 16.5.